The van der Waals surface area contributed by atoms with Gasteiger partial charge >= 0.3 is 6.01 Å². The molecule has 3 unspecified atom stereocenters. The van der Waals surface area contributed by atoms with E-state index in [4.69, 9.17) is 19.2 Å². The summed E-state index contributed by atoms with van der Waals surface area (Å²) in [5.74, 6) is -1.07. The third kappa shape index (κ3) is 7.40. The summed E-state index contributed by atoms with van der Waals surface area (Å²) >= 11 is 0. The molecule has 2 aromatic carbocycles. The molecule has 2 aliphatic heterocycles. The molecule has 0 amide bonds. The van der Waals surface area contributed by atoms with E-state index < -0.39 is 22.8 Å². The Hall–Kier alpha value is -3.91. The highest BCUT2D eigenvalue weighted by Crippen LogP contribution is 2.52. The number of phenolic OH excluding ortho intramolecular Hbond substituents is 1. The number of rotatable bonds is 8. The molecule has 3 atom stereocenters. The molecule has 4 heterocycles. The van der Waals surface area contributed by atoms with Gasteiger partial charge in [-0.05, 0) is 95.3 Å². The highest BCUT2D eigenvalue weighted by atomic mass is 19.1. The van der Waals surface area contributed by atoms with Crippen LogP contribution in [-0.2, 0) is 4.74 Å². The highest BCUT2D eigenvalue weighted by molar-refractivity contribution is 6.02. The van der Waals surface area contributed by atoms with Crippen LogP contribution in [0.5, 0.6) is 17.6 Å². The van der Waals surface area contributed by atoms with E-state index in [-0.39, 0.29) is 75.5 Å². The van der Waals surface area contributed by atoms with Crippen LogP contribution in [0.1, 0.15) is 79.6 Å². The third-order valence-corrected chi connectivity index (χ3v) is 12.2. The number of piperidine rings is 1. The number of benzene rings is 2. The molecule has 4 fully saturated rings. The third-order valence-electron chi connectivity index (χ3n) is 12.2. The molecule has 298 valence electrons. The Morgan fingerprint density at radius 2 is 1.80 bits per heavy atom. The first-order chi connectivity index (χ1) is 26.3. The van der Waals surface area contributed by atoms with Gasteiger partial charge in [-0.2, -0.15) is 9.97 Å². The van der Waals surface area contributed by atoms with Gasteiger partial charge in [0.05, 0.1) is 39.1 Å². The van der Waals surface area contributed by atoms with Crippen molar-refractivity contribution in [2.75, 3.05) is 51.5 Å². The summed E-state index contributed by atoms with van der Waals surface area (Å²) in [4.78, 5) is 18.6. The minimum atomic E-state index is -1.24. The van der Waals surface area contributed by atoms with Gasteiger partial charge < -0.3 is 34.4 Å². The molecule has 4 aliphatic rings. The van der Waals surface area contributed by atoms with Crippen LogP contribution < -0.4 is 14.4 Å². The monoisotopic (exact) mass is 763 g/mol. The van der Waals surface area contributed by atoms with Gasteiger partial charge in [0.15, 0.2) is 5.82 Å². The van der Waals surface area contributed by atoms with Crippen molar-refractivity contribution >= 4 is 27.5 Å². The Morgan fingerprint density at radius 1 is 1.04 bits per heavy atom. The molecule has 55 heavy (non-hydrogen) atoms. The van der Waals surface area contributed by atoms with E-state index >= 15 is 8.78 Å². The second kappa shape index (κ2) is 15.2. The zero-order chi connectivity index (χ0) is 39.3. The Balaban J connectivity index is 0.00000229. The summed E-state index contributed by atoms with van der Waals surface area (Å²) in [7, 11) is 1.40. The van der Waals surface area contributed by atoms with E-state index in [1.807, 2.05) is 32.6 Å². The van der Waals surface area contributed by atoms with Crippen LogP contribution in [0.25, 0.3) is 32.9 Å². The Kier molecular flexibility index (Phi) is 10.9. The Morgan fingerprint density at radius 3 is 2.55 bits per heavy atom. The number of aromatic nitrogens is 3. The minimum Gasteiger partial charge on any atom is -0.508 e. The first kappa shape index (κ1) is 39.3. The summed E-state index contributed by atoms with van der Waals surface area (Å²) in [6, 6.07) is 7.86. The molecule has 0 radical (unpaired) electrons. The number of fused-ring (bicyclic) bond motifs is 3. The lowest BCUT2D eigenvalue weighted by atomic mass is 9.68. The van der Waals surface area contributed by atoms with Crippen LogP contribution in [0.4, 0.5) is 14.6 Å². The maximum Gasteiger partial charge on any atom is 0.319 e. The van der Waals surface area contributed by atoms with Gasteiger partial charge in [0.1, 0.15) is 39.6 Å². The number of β-amino-alcohol motifs (C(OH)–C–C–N with tert-alkyl or cyclic N) is 1. The van der Waals surface area contributed by atoms with E-state index in [0.717, 1.165) is 51.5 Å². The number of ether oxygens (including phenoxy) is 3. The van der Waals surface area contributed by atoms with Crippen molar-refractivity contribution in [2.24, 2.45) is 11.3 Å². The van der Waals surface area contributed by atoms with Crippen molar-refractivity contribution in [2.45, 2.75) is 103 Å². The maximum absolute atomic E-state index is 17.1. The van der Waals surface area contributed by atoms with Crippen molar-refractivity contribution in [1.29, 1.82) is 0 Å². The molecule has 11 nitrogen and oxygen atoms in total. The van der Waals surface area contributed by atoms with Crippen LogP contribution in [0, 0.1) is 23.0 Å². The van der Waals surface area contributed by atoms with Crippen LogP contribution in [0.2, 0.25) is 0 Å². The SMILES string of the molecule is CC.COc1nc(-c2cc(O)cc3cccc(F)c23)c(F)c2nc(OCC34CCCC3N(C3CC(C(C)(C)O)C3)CCC4)nc(N3CCOCC(C)(O)C3)c12. The zero-order valence-electron chi connectivity index (χ0n) is 32.9. The molecule has 2 aliphatic carbocycles. The summed E-state index contributed by atoms with van der Waals surface area (Å²) in [5.41, 5.74) is -2.39. The van der Waals surface area contributed by atoms with Crippen LogP contribution in [0.15, 0.2) is 30.3 Å². The number of pyridine rings is 1. The molecule has 13 heteroatoms. The van der Waals surface area contributed by atoms with Crippen molar-refractivity contribution in [3.8, 4) is 28.9 Å². The normalized spacial score (nSPS) is 27.2. The van der Waals surface area contributed by atoms with E-state index in [0.29, 0.717) is 37.2 Å². The summed E-state index contributed by atoms with van der Waals surface area (Å²) in [6.07, 6.45) is 7.12. The fourth-order valence-corrected chi connectivity index (χ4v) is 9.48. The number of methoxy groups -OCH3 is 1. The number of nitrogens with zero attached hydrogens (tertiary/aromatic N) is 5. The lowest BCUT2D eigenvalue weighted by molar-refractivity contribution is -0.0970. The fraction of sp³-hybridized carbons (Fsp3) is 0.595. The molecule has 0 spiro atoms. The quantitative estimate of drug-likeness (QED) is 0.171. The molecule has 2 aromatic heterocycles. The summed E-state index contributed by atoms with van der Waals surface area (Å²) in [6.45, 7) is 11.7. The average Bonchev–Trinajstić information content (AvgIpc) is 3.47. The van der Waals surface area contributed by atoms with Crippen molar-refractivity contribution in [1.82, 2.24) is 19.9 Å². The predicted molar refractivity (Wildman–Crippen MR) is 208 cm³/mol. The van der Waals surface area contributed by atoms with Gasteiger partial charge in [0, 0.05) is 35.0 Å². The lowest BCUT2D eigenvalue weighted by Gasteiger charge is -2.55. The number of aliphatic hydroxyl groups is 2. The van der Waals surface area contributed by atoms with Crippen molar-refractivity contribution in [3.05, 3.63) is 42.0 Å². The predicted octanol–water partition coefficient (Wildman–Crippen LogP) is 7.01. The number of hydrogen-bond donors (Lipinski definition) is 3. The Labute approximate surface area is 321 Å². The standard InChI is InChI=1S/C40H49F2N5O6.C2H6/c1-38(2,49)24-17-25(18-24)47-13-7-12-40(11-6-10-29(40)47)22-53-37-44-34-31(35(45-37)46-14-15-52-21-39(3,50)20-46)36(51-4)43-33(32(34)42)27-19-26(48)16-23-8-5-9-28(41)30(23)27;1-2/h5,8-9,16,19,24-25,29,48-50H,6-7,10-15,17-18,20-22H2,1-4H3;1-2H3. The van der Waals surface area contributed by atoms with Crippen LogP contribution in [-0.4, -0.2) is 105 Å². The molecule has 2 saturated heterocycles. The maximum atomic E-state index is 17.1. The molecule has 2 saturated carbocycles. The second-order valence-electron chi connectivity index (χ2n) is 16.5. The number of phenols is 1. The number of halogens is 2. The molecule has 8 rings (SSSR count). The largest absolute Gasteiger partial charge is 0.508 e. The van der Waals surface area contributed by atoms with E-state index in [1.165, 1.54) is 31.4 Å². The van der Waals surface area contributed by atoms with Gasteiger partial charge in [-0.15, -0.1) is 0 Å². The van der Waals surface area contributed by atoms with Gasteiger partial charge in [-0.1, -0.05) is 32.4 Å². The van der Waals surface area contributed by atoms with E-state index in [1.54, 1.807) is 13.0 Å². The topological polar surface area (TPSA) is 134 Å². The summed E-state index contributed by atoms with van der Waals surface area (Å²) < 4.78 is 50.6. The molecular weight excluding hydrogens is 708 g/mol. The van der Waals surface area contributed by atoms with Gasteiger partial charge in [0.25, 0.3) is 0 Å². The van der Waals surface area contributed by atoms with Crippen molar-refractivity contribution < 1.29 is 38.3 Å². The number of anilines is 1. The molecule has 4 aromatic rings. The minimum absolute atomic E-state index is 0.00202. The molecule has 0 bridgehead atoms. The number of hydrogen-bond acceptors (Lipinski definition) is 11. The highest BCUT2D eigenvalue weighted by Gasteiger charge is 2.53. The molecular formula is C42H55F2N5O6. The Bertz CT molecular complexity index is 2040. The lowest BCUT2D eigenvalue weighted by Crippen LogP contribution is -2.60. The first-order valence-electron chi connectivity index (χ1n) is 19.8. The van der Waals surface area contributed by atoms with Crippen LogP contribution in [0.3, 0.4) is 0 Å². The fourth-order valence-electron chi connectivity index (χ4n) is 9.48. The second-order valence-corrected chi connectivity index (χ2v) is 16.5. The average molecular weight is 764 g/mol. The smallest absolute Gasteiger partial charge is 0.319 e. The zero-order valence-corrected chi connectivity index (χ0v) is 32.9. The number of likely N-dealkylation sites (tertiary alicyclic amines) is 1. The van der Waals surface area contributed by atoms with Gasteiger partial charge in [-0.25, -0.2) is 13.8 Å². The van der Waals surface area contributed by atoms with E-state index in [9.17, 15) is 15.3 Å². The first-order valence-corrected chi connectivity index (χ1v) is 19.8. The van der Waals surface area contributed by atoms with Crippen molar-refractivity contribution in [3.63, 3.8) is 0 Å². The van der Waals surface area contributed by atoms with Crippen LogP contribution >= 0.6 is 0 Å². The molecule has 3 N–H and O–H groups in total. The van der Waals surface area contributed by atoms with Gasteiger partial charge in [0.2, 0.25) is 5.88 Å². The number of aromatic hydroxyl groups is 1. The summed E-state index contributed by atoms with van der Waals surface area (Å²) in [5, 5.41) is 33.0. The van der Waals surface area contributed by atoms with Gasteiger partial charge in [-0.3, -0.25) is 4.90 Å². The van der Waals surface area contributed by atoms with E-state index in [2.05, 4.69) is 14.9 Å².